The molecule has 1 amide bonds. The van der Waals surface area contributed by atoms with Crippen LogP contribution in [0.2, 0.25) is 0 Å². The van der Waals surface area contributed by atoms with Crippen LogP contribution in [-0.2, 0) is 14.6 Å². The Morgan fingerprint density at radius 3 is 2.39 bits per heavy atom. The molecule has 18 heavy (non-hydrogen) atoms. The number of carbonyl (C=O) groups excluding carboxylic acids is 1. The topological polar surface area (TPSA) is 96.6 Å². The van der Waals surface area contributed by atoms with Crippen LogP contribution >= 0.6 is 11.5 Å². The fourth-order valence-corrected chi connectivity index (χ4v) is 3.48. The molecule has 0 aromatic carbocycles. The van der Waals surface area contributed by atoms with Crippen LogP contribution in [0.1, 0.15) is 0 Å². The molecule has 2 N–H and O–H groups in total. The quantitative estimate of drug-likeness (QED) is 0.815. The summed E-state index contributed by atoms with van der Waals surface area (Å²) < 4.78 is 27.1. The molecule has 1 rings (SSSR count). The number of anilines is 2. The molecule has 1 heterocycles. The van der Waals surface area contributed by atoms with Gasteiger partial charge in [-0.15, -0.1) is 0 Å². The van der Waals surface area contributed by atoms with Crippen LogP contribution in [0.4, 0.5) is 10.8 Å². The van der Waals surface area contributed by atoms with E-state index in [0.29, 0.717) is 5.00 Å². The summed E-state index contributed by atoms with van der Waals surface area (Å²) >= 11 is 0.966. The van der Waals surface area contributed by atoms with Gasteiger partial charge in [-0.05, 0) is 11.5 Å². The first kappa shape index (κ1) is 14.7. The summed E-state index contributed by atoms with van der Waals surface area (Å²) in [5.41, 5.74) is 5.55. The lowest BCUT2D eigenvalue weighted by Gasteiger charge is -2.19. The highest BCUT2D eigenvalue weighted by molar-refractivity contribution is 7.91. The van der Waals surface area contributed by atoms with Crippen LogP contribution in [0.15, 0.2) is 4.90 Å². The van der Waals surface area contributed by atoms with Crippen LogP contribution < -0.4 is 10.6 Å². The van der Waals surface area contributed by atoms with E-state index in [9.17, 15) is 13.2 Å². The van der Waals surface area contributed by atoms with E-state index < -0.39 is 9.84 Å². The Labute approximate surface area is 110 Å². The summed E-state index contributed by atoms with van der Waals surface area (Å²) in [6, 6.07) is 0. The van der Waals surface area contributed by atoms with Gasteiger partial charge in [-0.25, -0.2) is 8.42 Å². The van der Waals surface area contributed by atoms with Crippen molar-refractivity contribution < 1.29 is 13.2 Å². The fraction of sp³-hybridized carbons (Fsp3) is 0.556. The maximum Gasteiger partial charge on any atom is 0.241 e. The second-order valence-corrected chi connectivity index (χ2v) is 6.82. The number of nitrogen functional groups attached to an aromatic ring is 1. The molecule has 0 bridgehead atoms. The SMILES string of the molecule is CN(C)C(=O)CN(C)c1snc(N)c1S(C)(=O)=O. The second-order valence-electron chi connectivity index (χ2n) is 4.12. The summed E-state index contributed by atoms with van der Waals surface area (Å²) in [5, 5.41) is 0.380. The smallest absolute Gasteiger partial charge is 0.241 e. The average molecular weight is 292 g/mol. The van der Waals surface area contributed by atoms with Crippen LogP contribution in [0, 0.1) is 0 Å². The first-order valence-electron chi connectivity index (χ1n) is 5.01. The molecule has 0 saturated heterocycles. The van der Waals surface area contributed by atoms with E-state index in [1.165, 1.54) is 9.80 Å². The largest absolute Gasteiger partial charge is 0.382 e. The summed E-state index contributed by atoms with van der Waals surface area (Å²) in [5.74, 6) is -0.162. The third-order valence-corrected chi connectivity index (χ3v) is 4.50. The first-order valence-corrected chi connectivity index (χ1v) is 7.67. The minimum atomic E-state index is -3.47. The number of hydrogen-bond donors (Lipinski definition) is 1. The van der Waals surface area contributed by atoms with Crippen molar-refractivity contribution >= 4 is 38.1 Å². The predicted octanol–water partition coefficient (Wildman–Crippen LogP) is -0.347. The number of amides is 1. The zero-order valence-corrected chi connectivity index (χ0v) is 12.3. The van der Waals surface area contributed by atoms with Crippen molar-refractivity contribution in [3.05, 3.63) is 0 Å². The molecule has 0 aliphatic heterocycles. The number of nitrogens with two attached hydrogens (primary N) is 1. The standard InChI is InChI=1S/C9H16N4O3S2/c1-12(2)6(14)5-13(3)9-7(18(4,15)16)8(10)11-17-9/h5H2,1-4H3,(H2,10,11). The zero-order chi connectivity index (χ0) is 14.1. The van der Waals surface area contributed by atoms with Gasteiger partial charge in [0.25, 0.3) is 0 Å². The number of hydrogen-bond acceptors (Lipinski definition) is 7. The molecule has 0 aliphatic carbocycles. The molecule has 9 heteroatoms. The van der Waals surface area contributed by atoms with Crippen molar-refractivity contribution in [1.29, 1.82) is 0 Å². The molecule has 0 spiro atoms. The summed E-state index contributed by atoms with van der Waals surface area (Å²) in [6.45, 7) is 0.0666. The van der Waals surface area contributed by atoms with Gasteiger partial charge < -0.3 is 15.5 Å². The van der Waals surface area contributed by atoms with E-state index in [1.807, 2.05) is 0 Å². The van der Waals surface area contributed by atoms with Gasteiger partial charge in [0.15, 0.2) is 15.7 Å². The van der Waals surface area contributed by atoms with E-state index in [4.69, 9.17) is 5.73 Å². The fourth-order valence-electron chi connectivity index (χ4n) is 1.29. The molecule has 7 nitrogen and oxygen atoms in total. The highest BCUT2D eigenvalue weighted by Gasteiger charge is 2.24. The first-order chi connectivity index (χ1) is 8.14. The summed E-state index contributed by atoms with van der Waals surface area (Å²) in [4.78, 5) is 14.5. The lowest BCUT2D eigenvalue weighted by atomic mass is 10.4. The monoisotopic (exact) mass is 292 g/mol. The maximum atomic E-state index is 11.6. The summed E-state index contributed by atoms with van der Waals surface area (Å²) in [6.07, 6.45) is 1.07. The van der Waals surface area contributed by atoms with E-state index in [-0.39, 0.29) is 23.2 Å². The lowest BCUT2D eigenvalue weighted by Crippen LogP contribution is -2.34. The van der Waals surface area contributed by atoms with E-state index in [1.54, 1.807) is 21.1 Å². The van der Waals surface area contributed by atoms with Crippen molar-refractivity contribution in [3.8, 4) is 0 Å². The van der Waals surface area contributed by atoms with Gasteiger partial charge in [-0.3, -0.25) is 4.79 Å². The molecule has 102 valence electrons. The number of aromatic nitrogens is 1. The molecular weight excluding hydrogens is 276 g/mol. The molecule has 0 radical (unpaired) electrons. The van der Waals surface area contributed by atoms with Gasteiger partial charge >= 0.3 is 0 Å². The van der Waals surface area contributed by atoms with Gasteiger partial charge in [0.05, 0.1) is 6.54 Å². The highest BCUT2D eigenvalue weighted by Crippen LogP contribution is 2.33. The number of rotatable bonds is 4. The Balaban J connectivity index is 3.08. The summed E-state index contributed by atoms with van der Waals surface area (Å²) in [7, 11) is 1.43. The minimum absolute atomic E-state index is 0.0124. The maximum absolute atomic E-state index is 11.6. The third-order valence-electron chi connectivity index (χ3n) is 2.25. The second kappa shape index (κ2) is 5.11. The van der Waals surface area contributed by atoms with Crippen LogP contribution in [0.3, 0.4) is 0 Å². The molecule has 0 saturated carbocycles. The normalized spacial score (nSPS) is 11.3. The minimum Gasteiger partial charge on any atom is -0.382 e. The van der Waals surface area contributed by atoms with Gasteiger partial charge in [0.2, 0.25) is 5.91 Å². The van der Waals surface area contributed by atoms with E-state index in [2.05, 4.69) is 4.37 Å². The Kier molecular flexibility index (Phi) is 4.17. The number of sulfone groups is 1. The van der Waals surface area contributed by atoms with E-state index >= 15 is 0 Å². The van der Waals surface area contributed by atoms with Crippen LogP contribution in [0.5, 0.6) is 0 Å². The van der Waals surface area contributed by atoms with Gasteiger partial charge in [-0.2, -0.15) is 4.37 Å². The van der Waals surface area contributed by atoms with Crippen molar-refractivity contribution in [2.24, 2.45) is 0 Å². The average Bonchev–Trinajstić information content (AvgIpc) is 2.59. The number of carbonyl (C=O) groups is 1. The molecule has 1 aromatic heterocycles. The molecular formula is C9H16N4O3S2. The molecule has 0 unspecified atom stereocenters. The molecule has 0 fully saturated rings. The van der Waals surface area contributed by atoms with Crippen LogP contribution in [0.25, 0.3) is 0 Å². The van der Waals surface area contributed by atoms with Crippen molar-refractivity contribution in [2.45, 2.75) is 4.90 Å². The van der Waals surface area contributed by atoms with Crippen molar-refractivity contribution in [1.82, 2.24) is 9.27 Å². The van der Waals surface area contributed by atoms with Crippen molar-refractivity contribution in [3.63, 3.8) is 0 Å². The molecule has 1 aromatic rings. The van der Waals surface area contributed by atoms with Gasteiger partial charge in [-0.1, -0.05) is 0 Å². The number of likely N-dealkylation sites (N-methyl/N-ethyl adjacent to an activating group) is 2. The molecule has 0 atom stereocenters. The Hall–Kier alpha value is -1.35. The van der Waals surface area contributed by atoms with Gasteiger partial charge in [0.1, 0.15) is 9.90 Å². The van der Waals surface area contributed by atoms with Gasteiger partial charge in [0, 0.05) is 27.4 Å². The Bertz CT molecular complexity index is 550. The Morgan fingerprint density at radius 1 is 1.39 bits per heavy atom. The highest BCUT2D eigenvalue weighted by atomic mass is 32.2. The molecule has 0 aliphatic rings. The van der Waals surface area contributed by atoms with E-state index in [0.717, 1.165) is 17.8 Å². The predicted molar refractivity (Wildman–Crippen MR) is 71.6 cm³/mol. The Morgan fingerprint density at radius 2 is 1.94 bits per heavy atom. The number of nitrogens with zero attached hydrogens (tertiary/aromatic N) is 3. The van der Waals surface area contributed by atoms with Crippen molar-refractivity contribution in [2.75, 3.05) is 44.6 Å². The van der Waals surface area contributed by atoms with Crippen LogP contribution in [-0.4, -0.2) is 57.5 Å². The lowest BCUT2D eigenvalue weighted by molar-refractivity contribution is -0.127. The third kappa shape index (κ3) is 3.10. The zero-order valence-electron chi connectivity index (χ0n) is 10.7.